The number of halogens is 1. The van der Waals surface area contributed by atoms with E-state index in [2.05, 4.69) is 0 Å². The first-order valence-electron chi connectivity index (χ1n) is 7.02. The highest BCUT2D eigenvalue weighted by Gasteiger charge is 2.24. The van der Waals surface area contributed by atoms with Crippen molar-refractivity contribution >= 4 is 21.7 Å². The molecule has 0 bridgehead atoms. The summed E-state index contributed by atoms with van der Waals surface area (Å²) in [5, 5.41) is 9.24. The summed E-state index contributed by atoms with van der Waals surface area (Å²) in [6.07, 6.45) is 0. The van der Waals surface area contributed by atoms with Crippen LogP contribution in [0.25, 0.3) is 0 Å². The van der Waals surface area contributed by atoms with Gasteiger partial charge in [-0.15, -0.1) is 0 Å². The average Bonchev–Trinajstić information content (AvgIpc) is 2.55. The van der Waals surface area contributed by atoms with Gasteiger partial charge >= 0.3 is 5.97 Å². The zero-order chi connectivity index (χ0) is 17.9. The Morgan fingerprint density at radius 3 is 2.38 bits per heavy atom. The van der Waals surface area contributed by atoms with Gasteiger partial charge in [-0.25, -0.2) is 17.6 Å². The maximum absolute atomic E-state index is 13.0. The summed E-state index contributed by atoms with van der Waals surface area (Å²) in [6.45, 7) is 1.94. The van der Waals surface area contributed by atoms with E-state index in [-0.39, 0.29) is 28.5 Å². The molecule has 0 amide bonds. The molecule has 0 radical (unpaired) electrons. The van der Waals surface area contributed by atoms with E-state index in [4.69, 9.17) is 4.74 Å². The molecule has 128 valence electrons. The van der Waals surface area contributed by atoms with Crippen molar-refractivity contribution < 1.29 is 27.4 Å². The average molecular weight is 353 g/mol. The Morgan fingerprint density at radius 2 is 1.83 bits per heavy atom. The number of nitrogens with zero attached hydrogens (tertiary/aromatic N) is 1. The van der Waals surface area contributed by atoms with Crippen LogP contribution in [0.5, 0.6) is 5.75 Å². The van der Waals surface area contributed by atoms with Crippen molar-refractivity contribution in [2.75, 3.05) is 18.0 Å². The van der Waals surface area contributed by atoms with Gasteiger partial charge in [0.1, 0.15) is 17.1 Å². The van der Waals surface area contributed by atoms with E-state index < -0.39 is 21.8 Å². The topological polar surface area (TPSA) is 83.9 Å². The largest absolute Gasteiger partial charge is 0.493 e. The fourth-order valence-corrected chi connectivity index (χ4v) is 3.29. The smallest absolute Gasteiger partial charge is 0.339 e. The molecule has 0 atom stereocenters. The number of benzene rings is 2. The van der Waals surface area contributed by atoms with Gasteiger partial charge in [0, 0.05) is 7.05 Å². The Balaban J connectivity index is 2.47. The molecule has 2 aromatic rings. The van der Waals surface area contributed by atoms with Crippen LogP contribution in [0.4, 0.5) is 10.1 Å². The van der Waals surface area contributed by atoms with Crippen molar-refractivity contribution in [2.45, 2.75) is 11.8 Å². The molecule has 0 aliphatic heterocycles. The molecular formula is C16H16FNO5S. The lowest BCUT2D eigenvalue weighted by Gasteiger charge is -2.20. The van der Waals surface area contributed by atoms with Crippen LogP contribution < -0.4 is 9.04 Å². The Hall–Kier alpha value is -2.61. The highest BCUT2D eigenvalue weighted by Crippen LogP contribution is 2.27. The van der Waals surface area contributed by atoms with Gasteiger partial charge in [0.25, 0.3) is 10.0 Å². The number of aromatic carboxylic acids is 1. The predicted molar refractivity (Wildman–Crippen MR) is 86.6 cm³/mol. The third kappa shape index (κ3) is 3.48. The van der Waals surface area contributed by atoms with Gasteiger partial charge in [-0.1, -0.05) is 0 Å². The van der Waals surface area contributed by atoms with E-state index in [1.807, 2.05) is 0 Å². The molecule has 24 heavy (non-hydrogen) atoms. The highest BCUT2D eigenvalue weighted by molar-refractivity contribution is 7.92. The summed E-state index contributed by atoms with van der Waals surface area (Å²) < 4.78 is 44.4. The molecule has 0 saturated carbocycles. The second-order valence-corrected chi connectivity index (χ2v) is 6.81. The van der Waals surface area contributed by atoms with Crippen LogP contribution in [0.3, 0.4) is 0 Å². The number of carbonyl (C=O) groups is 1. The number of sulfonamides is 1. The molecule has 0 saturated heterocycles. The second kappa shape index (κ2) is 6.88. The second-order valence-electron chi connectivity index (χ2n) is 4.85. The van der Waals surface area contributed by atoms with Crippen molar-refractivity contribution in [1.82, 2.24) is 0 Å². The van der Waals surface area contributed by atoms with E-state index in [0.29, 0.717) is 0 Å². The van der Waals surface area contributed by atoms with Gasteiger partial charge in [0.05, 0.1) is 17.2 Å². The van der Waals surface area contributed by atoms with E-state index in [1.165, 1.54) is 31.3 Å². The van der Waals surface area contributed by atoms with E-state index in [9.17, 15) is 22.7 Å². The molecule has 0 aliphatic rings. The SMILES string of the molecule is CCOc1ccc(S(=O)(=O)N(C)c2ccc(F)cc2)cc1C(=O)O. The van der Waals surface area contributed by atoms with E-state index >= 15 is 0 Å². The number of anilines is 1. The van der Waals surface area contributed by atoms with Gasteiger partial charge in [-0.05, 0) is 49.4 Å². The molecule has 0 aromatic heterocycles. The molecule has 0 heterocycles. The van der Waals surface area contributed by atoms with Crippen molar-refractivity contribution in [2.24, 2.45) is 0 Å². The minimum absolute atomic E-state index is 0.0911. The van der Waals surface area contributed by atoms with Gasteiger partial charge in [0.2, 0.25) is 0 Å². The molecule has 0 unspecified atom stereocenters. The predicted octanol–water partition coefficient (Wildman–Crippen LogP) is 2.75. The quantitative estimate of drug-likeness (QED) is 0.863. The molecule has 1 N–H and O–H groups in total. The lowest BCUT2D eigenvalue weighted by molar-refractivity contribution is 0.0692. The fraction of sp³-hybridized carbons (Fsp3) is 0.188. The van der Waals surface area contributed by atoms with Crippen LogP contribution >= 0.6 is 0 Å². The number of rotatable bonds is 6. The highest BCUT2D eigenvalue weighted by atomic mass is 32.2. The molecule has 0 spiro atoms. The van der Waals surface area contributed by atoms with Crippen molar-refractivity contribution in [1.29, 1.82) is 0 Å². The van der Waals surface area contributed by atoms with Crippen LogP contribution in [-0.2, 0) is 10.0 Å². The van der Waals surface area contributed by atoms with Crippen LogP contribution in [0.1, 0.15) is 17.3 Å². The minimum atomic E-state index is -4.00. The zero-order valence-corrected chi connectivity index (χ0v) is 13.9. The van der Waals surface area contributed by atoms with E-state index in [0.717, 1.165) is 22.5 Å². The first kappa shape index (κ1) is 17.7. The van der Waals surface area contributed by atoms with Gasteiger partial charge in [-0.3, -0.25) is 4.31 Å². The number of hydrogen-bond donors (Lipinski definition) is 1. The lowest BCUT2D eigenvalue weighted by atomic mass is 10.2. The maximum atomic E-state index is 13.0. The van der Waals surface area contributed by atoms with Crippen molar-refractivity contribution in [3.8, 4) is 5.75 Å². The summed E-state index contributed by atoms with van der Waals surface area (Å²) in [7, 11) is -2.70. The Kier molecular flexibility index (Phi) is 5.08. The molecule has 0 fully saturated rings. The van der Waals surface area contributed by atoms with Crippen molar-refractivity contribution in [3.05, 3.63) is 53.8 Å². The van der Waals surface area contributed by atoms with E-state index in [1.54, 1.807) is 6.92 Å². The van der Waals surface area contributed by atoms with Crippen LogP contribution in [0, 0.1) is 5.82 Å². The number of hydrogen-bond acceptors (Lipinski definition) is 4. The third-order valence-corrected chi connectivity index (χ3v) is 5.11. The Labute approximate surface area is 139 Å². The Bertz CT molecular complexity index is 849. The van der Waals surface area contributed by atoms with Gasteiger partial charge in [0.15, 0.2) is 0 Å². The third-order valence-electron chi connectivity index (χ3n) is 3.33. The molecule has 0 aliphatic carbocycles. The fourth-order valence-electron chi connectivity index (χ4n) is 2.07. The molecule has 2 aromatic carbocycles. The van der Waals surface area contributed by atoms with Gasteiger partial charge < -0.3 is 9.84 Å². The molecular weight excluding hydrogens is 337 g/mol. The first-order valence-corrected chi connectivity index (χ1v) is 8.46. The molecule has 6 nitrogen and oxygen atoms in total. The normalized spacial score (nSPS) is 11.1. The zero-order valence-electron chi connectivity index (χ0n) is 13.1. The van der Waals surface area contributed by atoms with Gasteiger partial charge in [-0.2, -0.15) is 0 Å². The monoisotopic (exact) mass is 353 g/mol. The minimum Gasteiger partial charge on any atom is -0.493 e. The maximum Gasteiger partial charge on any atom is 0.339 e. The number of ether oxygens (including phenoxy) is 1. The summed E-state index contributed by atoms with van der Waals surface area (Å²) >= 11 is 0. The number of carboxylic acids is 1. The van der Waals surface area contributed by atoms with Crippen molar-refractivity contribution in [3.63, 3.8) is 0 Å². The summed E-state index contributed by atoms with van der Waals surface area (Å²) in [4.78, 5) is 11.1. The Morgan fingerprint density at radius 1 is 1.21 bits per heavy atom. The first-order chi connectivity index (χ1) is 11.3. The van der Waals surface area contributed by atoms with Crippen LogP contribution in [0.15, 0.2) is 47.4 Å². The summed E-state index contributed by atoms with van der Waals surface area (Å²) in [5.74, 6) is -1.69. The van der Waals surface area contributed by atoms with Crippen LogP contribution in [-0.4, -0.2) is 33.1 Å². The van der Waals surface area contributed by atoms with Crippen LogP contribution in [0.2, 0.25) is 0 Å². The molecule has 2 rings (SSSR count). The standard InChI is InChI=1S/C16H16FNO5S/c1-3-23-15-9-8-13(10-14(15)16(19)20)24(21,22)18(2)12-6-4-11(17)5-7-12/h4-10H,3H2,1-2H3,(H,19,20). The number of carboxylic acid groups (broad SMARTS) is 1. The summed E-state index contributed by atoms with van der Waals surface area (Å²) in [6, 6.07) is 8.54. The summed E-state index contributed by atoms with van der Waals surface area (Å²) in [5.41, 5.74) is 0.00703. The molecule has 8 heteroatoms. The lowest BCUT2D eigenvalue weighted by Crippen LogP contribution is -2.26.